The van der Waals surface area contributed by atoms with Gasteiger partial charge in [0.05, 0.1) is 17.6 Å². The second-order valence-electron chi connectivity index (χ2n) is 7.57. The molecular formula is C22H23N3O4S. The highest BCUT2D eigenvalue weighted by molar-refractivity contribution is 7.19. The summed E-state index contributed by atoms with van der Waals surface area (Å²) in [5, 5.41) is 9.69. The molecule has 0 spiro atoms. The summed E-state index contributed by atoms with van der Waals surface area (Å²) in [5.74, 6) is -1.23. The minimum Gasteiger partial charge on any atom is -0.481 e. The van der Waals surface area contributed by atoms with Crippen LogP contribution in [0.25, 0.3) is 21.3 Å². The Hall–Kier alpha value is -3.00. The number of amides is 1. The predicted octanol–water partition coefficient (Wildman–Crippen LogP) is 3.15. The van der Waals surface area contributed by atoms with Crippen LogP contribution in [0.2, 0.25) is 0 Å². The predicted molar refractivity (Wildman–Crippen MR) is 116 cm³/mol. The van der Waals surface area contributed by atoms with E-state index in [1.54, 1.807) is 4.90 Å². The number of hydrogen-bond acceptors (Lipinski definition) is 5. The number of likely N-dealkylation sites (tertiary alicyclic amines) is 1. The Morgan fingerprint density at radius 1 is 1.20 bits per heavy atom. The Kier molecular flexibility index (Phi) is 5.67. The second kappa shape index (κ2) is 8.39. The first-order valence-corrected chi connectivity index (χ1v) is 10.8. The third kappa shape index (κ3) is 3.87. The monoisotopic (exact) mass is 425 g/mol. The number of nitrogens with zero attached hydrogens (tertiary/aromatic N) is 3. The Morgan fingerprint density at radius 3 is 2.57 bits per heavy atom. The molecule has 30 heavy (non-hydrogen) atoms. The number of benzene rings is 1. The molecule has 1 N–H and O–H groups in total. The molecule has 0 atom stereocenters. The summed E-state index contributed by atoms with van der Waals surface area (Å²) in [6.07, 6.45) is 2.65. The molecule has 0 aliphatic carbocycles. The molecule has 4 rings (SSSR count). The number of carbonyl (C=O) groups excluding carboxylic acids is 1. The van der Waals surface area contributed by atoms with Crippen LogP contribution in [0.5, 0.6) is 0 Å². The SMILES string of the molecule is Cc1sc2ncn(CCC(=O)N3CCC(C(=O)O)CC3)c(=O)c2c1-c1ccccc1. The molecule has 1 aromatic carbocycles. The zero-order valence-electron chi connectivity index (χ0n) is 16.7. The number of rotatable bonds is 5. The van der Waals surface area contributed by atoms with Gasteiger partial charge in [0.25, 0.3) is 5.56 Å². The van der Waals surface area contributed by atoms with Crippen LogP contribution in [0.3, 0.4) is 0 Å². The van der Waals surface area contributed by atoms with Crippen LogP contribution in [0.15, 0.2) is 41.5 Å². The molecule has 156 valence electrons. The van der Waals surface area contributed by atoms with Crippen molar-refractivity contribution in [2.24, 2.45) is 5.92 Å². The maximum absolute atomic E-state index is 13.2. The third-order valence-electron chi connectivity index (χ3n) is 5.68. The topological polar surface area (TPSA) is 92.5 Å². The van der Waals surface area contributed by atoms with E-state index >= 15 is 0 Å². The first-order chi connectivity index (χ1) is 14.5. The van der Waals surface area contributed by atoms with E-state index in [9.17, 15) is 14.4 Å². The molecule has 0 saturated carbocycles. The average molecular weight is 426 g/mol. The molecule has 1 aliphatic heterocycles. The minimum atomic E-state index is -0.798. The van der Waals surface area contributed by atoms with E-state index in [1.807, 2.05) is 37.3 Å². The normalized spacial score (nSPS) is 14.9. The highest BCUT2D eigenvalue weighted by Crippen LogP contribution is 2.35. The zero-order chi connectivity index (χ0) is 21.3. The molecule has 1 saturated heterocycles. The van der Waals surface area contributed by atoms with Crippen LogP contribution in [0, 0.1) is 12.8 Å². The van der Waals surface area contributed by atoms with Crippen LogP contribution in [0.1, 0.15) is 24.1 Å². The van der Waals surface area contributed by atoms with Crippen LogP contribution in [-0.2, 0) is 16.1 Å². The molecule has 1 amide bonds. The average Bonchev–Trinajstić information content (AvgIpc) is 3.10. The first kappa shape index (κ1) is 20.3. The molecule has 2 aromatic heterocycles. The number of carbonyl (C=O) groups is 2. The summed E-state index contributed by atoms with van der Waals surface area (Å²) in [6.45, 7) is 3.14. The van der Waals surface area contributed by atoms with E-state index in [-0.39, 0.29) is 30.3 Å². The van der Waals surface area contributed by atoms with Gasteiger partial charge in [0.15, 0.2) is 0 Å². The Bertz CT molecular complexity index is 1140. The van der Waals surface area contributed by atoms with Gasteiger partial charge in [-0.15, -0.1) is 11.3 Å². The smallest absolute Gasteiger partial charge is 0.306 e. The largest absolute Gasteiger partial charge is 0.481 e. The maximum Gasteiger partial charge on any atom is 0.306 e. The Morgan fingerprint density at radius 2 is 1.90 bits per heavy atom. The lowest BCUT2D eigenvalue weighted by molar-refractivity contribution is -0.145. The van der Waals surface area contributed by atoms with Gasteiger partial charge in [-0.3, -0.25) is 19.0 Å². The van der Waals surface area contributed by atoms with Crippen molar-refractivity contribution in [3.05, 3.63) is 51.9 Å². The molecule has 0 radical (unpaired) electrons. The van der Waals surface area contributed by atoms with E-state index in [2.05, 4.69) is 4.98 Å². The Labute approximate surface area is 177 Å². The summed E-state index contributed by atoms with van der Waals surface area (Å²) in [6, 6.07) is 9.79. The van der Waals surface area contributed by atoms with Crippen molar-refractivity contribution in [1.29, 1.82) is 0 Å². The molecule has 1 fully saturated rings. The molecule has 1 aliphatic rings. The van der Waals surface area contributed by atoms with Crippen LogP contribution in [0.4, 0.5) is 0 Å². The van der Waals surface area contributed by atoms with Crippen molar-refractivity contribution < 1.29 is 14.7 Å². The van der Waals surface area contributed by atoms with Crippen LogP contribution >= 0.6 is 11.3 Å². The highest BCUT2D eigenvalue weighted by Gasteiger charge is 2.27. The van der Waals surface area contributed by atoms with Gasteiger partial charge < -0.3 is 10.0 Å². The lowest BCUT2D eigenvalue weighted by atomic mass is 9.97. The summed E-state index contributed by atoms with van der Waals surface area (Å²) in [5.41, 5.74) is 1.75. The van der Waals surface area contributed by atoms with Gasteiger partial charge >= 0.3 is 5.97 Å². The molecule has 0 unspecified atom stereocenters. The number of thiophene rings is 1. The second-order valence-corrected chi connectivity index (χ2v) is 8.77. The van der Waals surface area contributed by atoms with E-state index in [4.69, 9.17) is 5.11 Å². The van der Waals surface area contributed by atoms with E-state index < -0.39 is 5.97 Å². The number of hydrogen-bond donors (Lipinski definition) is 1. The van der Waals surface area contributed by atoms with Gasteiger partial charge in [-0.1, -0.05) is 30.3 Å². The van der Waals surface area contributed by atoms with Crippen LogP contribution < -0.4 is 5.56 Å². The standard InChI is InChI=1S/C22H23N3O4S/c1-14-18(15-5-3-2-4-6-15)19-20(30-14)23-13-25(21(19)27)12-9-17(26)24-10-7-16(8-11-24)22(28)29/h2-6,13,16H,7-12H2,1H3,(H,28,29). The minimum absolute atomic E-state index is 0.0596. The quantitative estimate of drug-likeness (QED) is 0.678. The molecule has 3 aromatic rings. The molecular weight excluding hydrogens is 402 g/mol. The van der Waals surface area contributed by atoms with Gasteiger partial charge in [0.1, 0.15) is 4.83 Å². The van der Waals surface area contributed by atoms with Crippen molar-refractivity contribution in [2.75, 3.05) is 13.1 Å². The van der Waals surface area contributed by atoms with Crippen molar-refractivity contribution in [2.45, 2.75) is 32.7 Å². The fourth-order valence-electron chi connectivity index (χ4n) is 4.00. The van der Waals surface area contributed by atoms with Crippen molar-refractivity contribution >= 4 is 33.4 Å². The fourth-order valence-corrected chi connectivity index (χ4v) is 5.00. The number of aryl methyl sites for hydroxylation is 2. The van der Waals surface area contributed by atoms with Crippen molar-refractivity contribution in [3.63, 3.8) is 0 Å². The number of piperidine rings is 1. The first-order valence-electron chi connectivity index (χ1n) is 10.00. The maximum atomic E-state index is 13.2. The number of carboxylic acids is 1. The third-order valence-corrected chi connectivity index (χ3v) is 6.69. The van der Waals surface area contributed by atoms with E-state index in [1.165, 1.54) is 22.2 Å². The lowest BCUT2D eigenvalue weighted by Crippen LogP contribution is -2.40. The number of aromatic nitrogens is 2. The van der Waals surface area contributed by atoms with Gasteiger partial charge in [-0.25, -0.2) is 4.98 Å². The fraction of sp³-hybridized carbons (Fsp3) is 0.364. The molecule has 7 nitrogen and oxygen atoms in total. The van der Waals surface area contributed by atoms with Gasteiger partial charge in [-0.05, 0) is 25.3 Å². The summed E-state index contributed by atoms with van der Waals surface area (Å²) < 4.78 is 1.50. The zero-order valence-corrected chi connectivity index (χ0v) is 17.5. The molecule has 0 bridgehead atoms. The summed E-state index contributed by atoms with van der Waals surface area (Å²) in [7, 11) is 0. The molecule has 8 heteroatoms. The number of carboxylic acid groups (broad SMARTS) is 1. The summed E-state index contributed by atoms with van der Waals surface area (Å²) >= 11 is 1.50. The van der Waals surface area contributed by atoms with Crippen molar-refractivity contribution in [3.8, 4) is 11.1 Å². The summed E-state index contributed by atoms with van der Waals surface area (Å²) in [4.78, 5) is 44.7. The molecule has 3 heterocycles. The van der Waals surface area contributed by atoms with E-state index in [0.29, 0.717) is 36.1 Å². The van der Waals surface area contributed by atoms with Crippen LogP contribution in [-0.4, -0.2) is 44.5 Å². The Balaban J connectivity index is 1.53. The van der Waals surface area contributed by atoms with E-state index in [0.717, 1.165) is 16.0 Å². The van der Waals surface area contributed by atoms with Gasteiger partial charge in [0.2, 0.25) is 5.91 Å². The lowest BCUT2D eigenvalue weighted by Gasteiger charge is -2.30. The number of aliphatic carboxylic acids is 1. The number of fused-ring (bicyclic) bond motifs is 1. The highest BCUT2D eigenvalue weighted by atomic mass is 32.1. The van der Waals surface area contributed by atoms with Crippen molar-refractivity contribution in [1.82, 2.24) is 14.5 Å². The van der Waals surface area contributed by atoms with Gasteiger partial charge in [-0.2, -0.15) is 0 Å². The van der Waals surface area contributed by atoms with Gasteiger partial charge in [0, 0.05) is 36.5 Å².